The lowest BCUT2D eigenvalue weighted by Gasteiger charge is -2.36. The molecule has 0 radical (unpaired) electrons. The fraction of sp³-hybridized carbons (Fsp3) is 0.591. The van der Waals surface area contributed by atoms with Crippen LogP contribution in [0, 0.1) is 5.92 Å². The van der Waals surface area contributed by atoms with Gasteiger partial charge in [0.1, 0.15) is 0 Å². The molecule has 1 saturated carbocycles. The Morgan fingerprint density at radius 1 is 1.21 bits per heavy atom. The molecule has 4 rings (SSSR count). The van der Waals surface area contributed by atoms with Gasteiger partial charge in [-0.3, -0.25) is 9.69 Å². The summed E-state index contributed by atoms with van der Waals surface area (Å²) in [7, 11) is 2.01. The van der Waals surface area contributed by atoms with Crippen LogP contribution < -0.4 is 0 Å². The van der Waals surface area contributed by atoms with Crippen molar-refractivity contribution in [3.05, 3.63) is 34.6 Å². The highest BCUT2D eigenvalue weighted by atomic mass is 79.9. The maximum Gasteiger partial charge on any atom is 0.241 e. The zero-order valence-corrected chi connectivity index (χ0v) is 18.6. The first-order valence-electron chi connectivity index (χ1n) is 10.7. The number of likely N-dealkylation sites (tertiary alicyclic amines) is 1. The Labute approximate surface area is 180 Å². The summed E-state index contributed by atoms with van der Waals surface area (Å²) in [6.45, 7) is 2.42. The van der Waals surface area contributed by atoms with Gasteiger partial charge in [-0.25, -0.2) is 0 Å². The number of rotatable bonds is 5. The first kappa shape index (κ1) is 20.5. The molecule has 29 heavy (non-hydrogen) atoms. The smallest absolute Gasteiger partial charge is 0.241 e. The van der Waals surface area contributed by atoms with E-state index in [0.717, 1.165) is 36.0 Å². The van der Waals surface area contributed by atoms with E-state index in [1.165, 1.54) is 32.1 Å². The fourth-order valence-electron chi connectivity index (χ4n) is 4.53. The minimum absolute atomic E-state index is 0.151. The Balaban J connectivity index is 1.28. The van der Waals surface area contributed by atoms with Gasteiger partial charge >= 0.3 is 0 Å². The van der Waals surface area contributed by atoms with Crippen molar-refractivity contribution in [2.45, 2.75) is 57.5 Å². The Morgan fingerprint density at radius 2 is 1.97 bits per heavy atom. The van der Waals surface area contributed by atoms with E-state index < -0.39 is 0 Å². The predicted octanol–water partition coefficient (Wildman–Crippen LogP) is 4.50. The van der Waals surface area contributed by atoms with E-state index in [-0.39, 0.29) is 5.92 Å². The van der Waals surface area contributed by atoms with Gasteiger partial charge < -0.3 is 9.42 Å². The van der Waals surface area contributed by atoms with Crippen LogP contribution in [-0.4, -0.2) is 52.0 Å². The van der Waals surface area contributed by atoms with Crippen molar-refractivity contribution in [3.63, 3.8) is 0 Å². The molecule has 2 aromatic rings. The minimum atomic E-state index is 0.151. The quantitative estimate of drug-likeness (QED) is 0.656. The Kier molecular flexibility index (Phi) is 6.65. The minimum Gasteiger partial charge on any atom is -0.343 e. The highest BCUT2D eigenvalue weighted by Crippen LogP contribution is 2.27. The SMILES string of the molecule is CN(C(=O)C1CCN(Cc2nc(-c3cccc(Br)c3)no2)CC1)C1CCCCC1. The molecule has 1 aliphatic heterocycles. The molecule has 0 atom stereocenters. The molecule has 7 heteroatoms. The molecule has 0 spiro atoms. The lowest BCUT2D eigenvalue weighted by molar-refractivity contribution is -0.138. The van der Waals surface area contributed by atoms with Gasteiger partial charge in [-0.2, -0.15) is 4.98 Å². The number of amides is 1. The van der Waals surface area contributed by atoms with Gasteiger partial charge in [0.2, 0.25) is 17.6 Å². The molecule has 1 aromatic carbocycles. The average molecular weight is 461 g/mol. The average Bonchev–Trinajstić information content (AvgIpc) is 3.22. The van der Waals surface area contributed by atoms with E-state index in [0.29, 0.717) is 30.2 Å². The van der Waals surface area contributed by atoms with Crippen molar-refractivity contribution in [1.29, 1.82) is 0 Å². The third kappa shape index (κ3) is 5.07. The molecule has 0 bridgehead atoms. The van der Waals surface area contributed by atoms with Gasteiger partial charge in [0.25, 0.3) is 0 Å². The summed E-state index contributed by atoms with van der Waals surface area (Å²) in [5.74, 6) is 1.73. The van der Waals surface area contributed by atoms with E-state index >= 15 is 0 Å². The third-order valence-electron chi connectivity index (χ3n) is 6.32. The summed E-state index contributed by atoms with van der Waals surface area (Å²) < 4.78 is 6.45. The zero-order chi connectivity index (χ0) is 20.2. The number of hydrogen-bond donors (Lipinski definition) is 0. The number of halogens is 1. The highest BCUT2D eigenvalue weighted by Gasteiger charge is 2.31. The maximum absolute atomic E-state index is 12.9. The van der Waals surface area contributed by atoms with Gasteiger partial charge in [0, 0.05) is 29.0 Å². The van der Waals surface area contributed by atoms with E-state index in [2.05, 4.69) is 31.0 Å². The van der Waals surface area contributed by atoms with Crippen LogP contribution in [0.15, 0.2) is 33.3 Å². The number of carbonyl (C=O) groups is 1. The molecule has 1 aromatic heterocycles. The molecule has 0 unspecified atom stereocenters. The van der Waals surface area contributed by atoms with Crippen molar-refractivity contribution in [1.82, 2.24) is 19.9 Å². The fourth-order valence-corrected chi connectivity index (χ4v) is 4.93. The van der Waals surface area contributed by atoms with Crippen LogP contribution in [-0.2, 0) is 11.3 Å². The van der Waals surface area contributed by atoms with E-state index in [1.807, 2.05) is 36.2 Å². The normalized spacial score (nSPS) is 19.4. The first-order valence-corrected chi connectivity index (χ1v) is 11.5. The zero-order valence-electron chi connectivity index (χ0n) is 17.0. The van der Waals surface area contributed by atoms with Crippen molar-refractivity contribution in [2.75, 3.05) is 20.1 Å². The van der Waals surface area contributed by atoms with Crippen LogP contribution >= 0.6 is 15.9 Å². The van der Waals surface area contributed by atoms with Crippen LogP contribution in [0.4, 0.5) is 0 Å². The Hall–Kier alpha value is -1.73. The van der Waals surface area contributed by atoms with Gasteiger partial charge in [0.15, 0.2) is 0 Å². The van der Waals surface area contributed by atoms with Crippen molar-refractivity contribution in [3.8, 4) is 11.4 Å². The van der Waals surface area contributed by atoms with Gasteiger partial charge in [-0.15, -0.1) is 0 Å². The summed E-state index contributed by atoms with van der Waals surface area (Å²) in [6.07, 6.45) is 7.97. The predicted molar refractivity (Wildman–Crippen MR) is 115 cm³/mol. The van der Waals surface area contributed by atoms with Crippen LogP contribution in [0.1, 0.15) is 50.8 Å². The van der Waals surface area contributed by atoms with Crippen molar-refractivity contribution >= 4 is 21.8 Å². The number of piperidine rings is 1. The lowest BCUT2D eigenvalue weighted by atomic mass is 9.91. The molecule has 1 saturated heterocycles. The molecule has 2 aliphatic rings. The van der Waals surface area contributed by atoms with Crippen LogP contribution in [0.2, 0.25) is 0 Å². The summed E-state index contributed by atoms with van der Waals surface area (Å²) in [5.41, 5.74) is 0.935. The largest absolute Gasteiger partial charge is 0.343 e. The first-order chi connectivity index (χ1) is 14.1. The van der Waals surface area contributed by atoms with E-state index in [9.17, 15) is 4.79 Å². The lowest BCUT2D eigenvalue weighted by Crippen LogP contribution is -2.45. The third-order valence-corrected chi connectivity index (χ3v) is 6.81. The van der Waals surface area contributed by atoms with Gasteiger partial charge in [-0.05, 0) is 50.9 Å². The second-order valence-electron chi connectivity index (χ2n) is 8.31. The summed E-state index contributed by atoms with van der Waals surface area (Å²) >= 11 is 3.47. The molecular formula is C22H29BrN4O2. The molecule has 1 amide bonds. The van der Waals surface area contributed by atoms with Crippen LogP contribution in [0.3, 0.4) is 0 Å². The monoisotopic (exact) mass is 460 g/mol. The van der Waals surface area contributed by atoms with E-state index in [4.69, 9.17) is 4.52 Å². The molecular weight excluding hydrogens is 432 g/mol. The standard InChI is InChI=1S/C22H29BrN4O2/c1-26(19-8-3-2-4-9-19)22(28)16-10-12-27(13-11-16)15-20-24-21(25-29-20)17-6-5-7-18(23)14-17/h5-7,14,16,19H,2-4,8-13,15H2,1H3. The molecule has 0 N–H and O–H groups in total. The number of nitrogens with zero attached hydrogens (tertiary/aromatic N) is 4. The second-order valence-corrected chi connectivity index (χ2v) is 9.23. The van der Waals surface area contributed by atoms with Crippen LogP contribution in [0.25, 0.3) is 11.4 Å². The van der Waals surface area contributed by atoms with Crippen molar-refractivity contribution in [2.24, 2.45) is 5.92 Å². The van der Waals surface area contributed by atoms with E-state index in [1.54, 1.807) is 0 Å². The molecule has 2 fully saturated rings. The Morgan fingerprint density at radius 3 is 2.69 bits per heavy atom. The number of carbonyl (C=O) groups excluding carboxylic acids is 1. The summed E-state index contributed by atoms with van der Waals surface area (Å²) in [6, 6.07) is 8.33. The highest BCUT2D eigenvalue weighted by molar-refractivity contribution is 9.10. The summed E-state index contributed by atoms with van der Waals surface area (Å²) in [4.78, 5) is 21.8. The summed E-state index contributed by atoms with van der Waals surface area (Å²) in [5, 5.41) is 4.12. The molecule has 6 nitrogen and oxygen atoms in total. The molecule has 1 aliphatic carbocycles. The number of benzene rings is 1. The number of aromatic nitrogens is 2. The molecule has 156 valence electrons. The topological polar surface area (TPSA) is 62.5 Å². The number of hydrogen-bond acceptors (Lipinski definition) is 5. The van der Waals surface area contributed by atoms with Gasteiger partial charge in [-0.1, -0.05) is 52.5 Å². The molecule has 2 heterocycles. The van der Waals surface area contributed by atoms with Gasteiger partial charge in [0.05, 0.1) is 6.54 Å². The Bertz CT molecular complexity index is 826. The van der Waals surface area contributed by atoms with Crippen LogP contribution in [0.5, 0.6) is 0 Å². The maximum atomic E-state index is 12.9. The van der Waals surface area contributed by atoms with Crippen molar-refractivity contribution < 1.29 is 9.32 Å². The second kappa shape index (κ2) is 9.39.